The Balaban J connectivity index is 1.68. The second kappa shape index (κ2) is 5.92. The number of carboxylic acid groups (broad SMARTS) is 1. The molecule has 1 aliphatic carbocycles. The molecule has 0 saturated heterocycles. The van der Waals surface area contributed by atoms with Crippen LogP contribution >= 0.6 is 0 Å². The van der Waals surface area contributed by atoms with Gasteiger partial charge in [0, 0.05) is 5.56 Å². The van der Waals surface area contributed by atoms with Crippen molar-refractivity contribution in [2.45, 2.75) is 25.7 Å². The van der Waals surface area contributed by atoms with Crippen LogP contribution in [0, 0.1) is 0 Å². The lowest BCUT2D eigenvalue weighted by Crippen LogP contribution is -2.02. The van der Waals surface area contributed by atoms with E-state index < -0.39 is 5.97 Å². The standard InChI is InChI=1S/C19H17N3O2/c23-19(24)16-6-3-7-17(11-16)22-12-18(20-21-22)15-9-8-13-4-1-2-5-14(13)10-15/h3,6-12H,1-2,4-5H2,(H,23,24). The van der Waals surface area contributed by atoms with Gasteiger partial charge in [-0.2, -0.15) is 0 Å². The topological polar surface area (TPSA) is 68.0 Å². The number of carbonyl (C=O) groups is 1. The van der Waals surface area contributed by atoms with Crippen molar-refractivity contribution in [2.75, 3.05) is 0 Å². The first kappa shape index (κ1) is 14.6. The number of hydrogen-bond acceptors (Lipinski definition) is 3. The molecule has 0 unspecified atom stereocenters. The number of nitrogens with zero attached hydrogens (tertiary/aromatic N) is 3. The van der Waals surface area contributed by atoms with Crippen LogP contribution in [-0.4, -0.2) is 26.1 Å². The van der Waals surface area contributed by atoms with E-state index >= 15 is 0 Å². The van der Waals surface area contributed by atoms with Crippen molar-refractivity contribution in [3.05, 3.63) is 65.4 Å². The number of carboxylic acids is 1. The van der Waals surface area contributed by atoms with Gasteiger partial charge in [-0.25, -0.2) is 9.48 Å². The summed E-state index contributed by atoms with van der Waals surface area (Å²) in [6, 6.07) is 13.2. The first-order chi connectivity index (χ1) is 11.7. The number of fused-ring (bicyclic) bond motifs is 1. The second-order valence-electron chi connectivity index (χ2n) is 6.09. The van der Waals surface area contributed by atoms with Crippen LogP contribution in [0.3, 0.4) is 0 Å². The lowest BCUT2D eigenvalue weighted by molar-refractivity contribution is 0.0697. The van der Waals surface area contributed by atoms with E-state index in [4.69, 9.17) is 5.11 Å². The molecule has 1 aliphatic rings. The number of rotatable bonds is 3. The maximum atomic E-state index is 11.1. The summed E-state index contributed by atoms with van der Waals surface area (Å²) in [4.78, 5) is 11.1. The maximum Gasteiger partial charge on any atom is 0.335 e. The van der Waals surface area contributed by atoms with Gasteiger partial charge in [0.25, 0.3) is 0 Å². The molecule has 120 valence electrons. The first-order valence-corrected chi connectivity index (χ1v) is 8.09. The highest BCUT2D eigenvalue weighted by Crippen LogP contribution is 2.26. The summed E-state index contributed by atoms with van der Waals surface area (Å²) in [5, 5.41) is 17.5. The SMILES string of the molecule is O=C(O)c1cccc(-n2cc(-c3ccc4c(c3)CCCC4)nn2)c1. The number of aromatic carboxylic acids is 1. The zero-order valence-electron chi connectivity index (χ0n) is 13.1. The third kappa shape index (κ3) is 2.69. The summed E-state index contributed by atoms with van der Waals surface area (Å²) >= 11 is 0. The zero-order valence-corrected chi connectivity index (χ0v) is 13.1. The smallest absolute Gasteiger partial charge is 0.335 e. The lowest BCUT2D eigenvalue weighted by atomic mass is 9.90. The Hall–Kier alpha value is -2.95. The van der Waals surface area contributed by atoms with E-state index in [0.29, 0.717) is 5.69 Å². The Morgan fingerprint density at radius 3 is 2.71 bits per heavy atom. The third-order valence-electron chi connectivity index (χ3n) is 4.50. The zero-order chi connectivity index (χ0) is 16.5. The van der Waals surface area contributed by atoms with Crippen molar-refractivity contribution in [3.8, 4) is 16.9 Å². The number of benzene rings is 2. The van der Waals surface area contributed by atoms with Crippen LogP contribution in [0.4, 0.5) is 0 Å². The fourth-order valence-electron chi connectivity index (χ4n) is 3.20. The largest absolute Gasteiger partial charge is 0.478 e. The molecule has 1 aromatic heterocycles. The minimum atomic E-state index is -0.952. The molecule has 1 N–H and O–H groups in total. The van der Waals surface area contributed by atoms with Gasteiger partial charge >= 0.3 is 5.97 Å². The van der Waals surface area contributed by atoms with Gasteiger partial charge in [-0.1, -0.05) is 23.4 Å². The molecule has 0 saturated carbocycles. The van der Waals surface area contributed by atoms with Gasteiger partial charge in [-0.3, -0.25) is 0 Å². The quantitative estimate of drug-likeness (QED) is 0.802. The van der Waals surface area contributed by atoms with Crippen molar-refractivity contribution in [3.63, 3.8) is 0 Å². The summed E-state index contributed by atoms with van der Waals surface area (Å²) in [5.74, 6) is -0.952. The Morgan fingerprint density at radius 1 is 1.04 bits per heavy atom. The molecule has 3 aromatic rings. The number of hydrogen-bond donors (Lipinski definition) is 1. The maximum absolute atomic E-state index is 11.1. The summed E-state index contributed by atoms with van der Waals surface area (Å²) < 4.78 is 1.61. The minimum Gasteiger partial charge on any atom is -0.478 e. The fourth-order valence-corrected chi connectivity index (χ4v) is 3.20. The van der Waals surface area contributed by atoms with Crippen molar-refractivity contribution in [1.29, 1.82) is 0 Å². The Kier molecular flexibility index (Phi) is 3.61. The van der Waals surface area contributed by atoms with E-state index in [9.17, 15) is 4.79 Å². The molecule has 5 nitrogen and oxygen atoms in total. The number of aryl methyl sites for hydroxylation is 2. The first-order valence-electron chi connectivity index (χ1n) is 8.09. The van der Waals surface area contributed by atoms with E-state index in [1.54, 1.807) is 22.9 Å². The molecule has 5 heteroatoms. The van der Waals surface area contributed by atoms with Crippen molar-refractivity contribution < 1.29 is 9.90 Å². The van der Waals surface area contributed by atoms with Crippen molar-refractivity contribution >= 4 is 5.97 Å². The summed E-state index contributed by atoms with van der Waals surface area (Å²) in [6.45, 7) is 0. The average molecular weight is 319 g/mol. The second-order valence-corrected chi connectivity index (χ2v) is 6.09. The highest BCUT2D eigenvalue weighted by atomic mass is 16.4. The van der Waals surface area contributed by atoms with E-state index in [-0.39, 0.29) is 5.56 Å². The monoisotopic (exact) mass is 319 g/mol. The third-order valence-corrected chi connectivity index (χ3v) is 4.50. The number of aromatic nitrogens is 3. The lowest BCUT2D eigenvalue weighted by Gasteiger charge is -2.15. The Labute approximate surface area is 139 Å². The minimum absolute atomic E-state index is 0.235. The van der Waals surface area contributed by atoms with Crippen molar-refractivity contribution in [1.82, 2.24) is 15.0 Å². The van der Waals surface area contributed by atoms with E-state index in [0.717, 1.165) is 24.1 Å². The predicted molar refractivity (Wildman–Crippen MR) is 90.4 cm³/mol. The van der Waals surface area contributed by atoms with Gasteiger partial charge < -0.3 is 5.11 Å². The normalized spacial score (nSPS) is 13.5. The Bertz CT molecular complexity index is 914. The van der Waals surface area contributed by atoms with Gasteiger partial charge in [-0.15, -0.1) is 5.10 Å². The van der Waals surface area contributed by atoms with E-state index in [2.05, 4.69) is 28.5 Å². The van der Waals surface area contributed by atoms with Gasteiger partial charge in [0.05, 0.1) is 17.4 Å². The molecule has 1 heterocycles. The highest BCUT2D eigenvalue weighted by molar-refractivity contribution is 5.88. The molecule has 0 spiro atoms. The van der Waals surface area contributed by atoms with Crippen LogP contribution in [0.5, 0.6) is 0 Å². The summed E-state index contributed by atoms with van der Waals surface area (Å²) in [6.07, 6.45) is 6.63. The van der Waals surface area contributed by atoms with Crippen molar-refractivity contribution in [2.24, 2.45) is 0 Å². The van der Waals surface area contributed by atoms with Gasteiger partial charge in [0.2, 0.25) is 0 Å². The van der Waals surface area contributed by atoms with Gasteiger partial charge in [0.15, 0.2) is 0 Å². The van der Waals surface area contributed by atoms with Gasteiger partial charge in [-0.05, 0) is 61.1 Å². The molecule has 24 heavy (non-hydrogen) atoms. The van der Waals surface area contributed by atoms with E-state index in [1.807, 2.05) is 12.3 Å². The molecule has 0 atom stereocenters. The molecule has 0 radical (unpaired) electrons. The predicted octanol–water partition coefficient (Wildman–Crippen LogP) is 3.51. The molecule has 4 rings (SSSR count). The molecular weight excluding hydrogens is 302 g/mol. The summed E-state index contributed by atoms with van der Waals surface area (Å²) in [5.41, 5.74) is 5.61. The van der Waals surface area contributed by atoms with E-state index in [1.165, 1.54) is 24.0 Å². The molecular formula is C19H17N3O2. The molecule has 0 fully saturated rings. The summed E-state index contributed by atoms with van der Waals surface area (Å²) in [7, 11) is 0. The van der Waals surface area contributed by atoms with Crippen LogP contribution in [0.25, 0.3) is 16.9 Å². The highest BCUT2D eigenvalue weighted by Gasteiger charge is 2.12. The molecule has 0 bridgehead atoms. The van der Waals surface area contributed by atoms with Crippen LogP contribution in [-0.2, 0) is 12.8 Å². The van der Waals surface area contributed by atoms with Gasteiger partial charge in [0.1, 0.15) is 5.69 Å². The molecule has 0 aliphatic heterocycles. The Morgan fingerprint density at radius 2 is 1.88 bits per heavy atom. The fraction of sp³-hybridized carbons (Fsp3) is 0.211. The van der Waals surface area contributed by atoms with Crippen LogP contribution in [0.2, 0.25) is 0 Å². The van der Waals surface area contributed by atoms with Crippen LogP contribution in [0.1, 0.15) is 34.3 Å². The van der Waals surface area contributed by atoms with Crippen LogP contribution < -0.4 is 0 Å². The van der Waals surface area contributed by atoms with Crippen LogP contribution in [0.15, 0.2) is 48.7 Å². The molecule has 0 amide bonds. The average Bonchev–Trinajstić information content (AvgIpc) is 3.11. The molecule has 2 aromatic carbocycles.